The van der Waals surface area contributed by atoms with Crippen molar-refractivity contribution in [1.29, 1.82) is 0 Å². The highest BCUT2D eigenvalue weighted by molar-refractivity contribution is 5.94. The van der Waals surface area contributed by atoms with Crippen molar-refractivity contribution in [2.75, 3.05) is 19.8 Å². The summed E-state index contributed by atoms with van der Waals surface area (Å²) in [5.74, 6) is -0.129. The van der Waals surface area contributed by atoms with Gasteiger partial charge in [0.25, 0.3) is 5.91 Å². The van der Waals surface area contributed by atoms with Crippen molar-refractivity contribution in [1.82, 2.24) is 15.5 Å². The number of aromatic amines is 1. The molecule has 1 fully saturated rings. The topological polar surface area (TPSA) is 76.2 Å². The second-order valence-electron chi connectivity index (χ2n) is 6.48. The molecule has 0 aromatic carbocycles. The molecule has 2 N–H and O–H groups in total. The molecule has 1 aromatic heterocycles. The number of hydrogen-bond acceptors (Lipinski definition) is 4. The normalized spacial score (nSPS) is 23.4. The number of amides is 1. The van der Waals surface area contributed by atoms with Crippen LogP contribution in [-0.2, 0) is 22.3 Å². The summed E-state index contributed by atoms with van der Waals surface area (Å²) < 4.78 is 11.4. The number of allylic oxidation sites excluding steroid dienone is 1. The van der Waals surface area contributed by atoms with Crippen LogP contribution in [0.1, 0.15) is 48.4 Å². The highest BCUT2D eigenvalue weighted by atomic mass is 16.5. The standard InChI is InChI=1S/C17H25N3O3/c1-11(2)6-9-23-15-7-8-22-10-14(15)18-17(21)16-12-4-3-5-13(12)19-20-16/h6,14-15H,3-5,7-10H2,1-2H3,(H,18,21)(H,19,20)/t14-,15+/m0/s1. The van der Waals surface area contributed by atoms with Crippen LogP contribution in [0, 0.1) is 0 Å². The zero-order valence-corrected chi connectivity index (χ0v) is 13.9. The van der Waals surface area contributed by atoms with Gasteiger partial charge in [-0.15, -0.1) is 0 Å². The molecule has 0 saturated carbocycles. The van der Waals surface area contributed by atoms with E-state index in [2.05, 4.69) is 21.6 Å². The maximum atomic E-state index is 12.5. The van der Waals surface area contributed by atoms with E-state index in [-0.39, 0.29) is 18.1 Å². The summed E-state index contributed by atoms with van der Waals surface area (Å²) in [6.07, 6.45) is 5.82. The van der Waals surface area contributed by atoms with Crippen LogP contribution in [0.2, 0.25) is 0 Å². The summed E-state index contributed by atoms with van der Waals surface area (Å²) in [7, 11) is 0. The Morgan fingerprint density at radius 1 is 1.48 bits per heavy atom. The molecule has 6 heteroatoms. The van der Waals surface area contributed by atoms with Gasteiger partial charge in [0.05, 0.1) is 25.4 Å². The minimum atomic E-state index is -0.129. The lowest BCUT2D eigenvalue weighted by atomic mass is 10.1. The molecule has 3 rings (SSSR count). The molecular weight excluding hydrogens is 294 g/mol. The van der Waals surface area contributed by atoms with E-state index in [0.717, 1.165) is 36.9 Å². The molecule has 23 heavy (non-hydrogen) atoms. The van der Waals surface area contributed by atoms with Gasteiger partial charge in [-0.2, -0.15) is 5.10 Å². The Morgan fingerprint density at radius 3 is 3.17 bits per heavy atom. The summed E-state index contributed by atoms with van der Waals surface area (Å²) in [6, 6.07) is -0.129. The van der Waals surface area contributed by atoms with Gasteiger partial charge in [0.15, 0.2) is 5.69 Å². The predicted octanol–water partition coefficient (Wildman–Crippen LogP) is 1.77. The number of rotatable bonds is 5. The zero-order valence-electron chi connectivity index (χ0n) is 13.9. The van der Waals surface area contributed by atoms with Gasteiger partial charge in [0.1, 0.15) is 0 Å². The Labute approximate surface area is 136 Å². The van der Waals surface area contributed by atoms with Crippen molar-refractivity contribution in [3.63, 3.8) is 0 Å². The van der Waals surface area contributed by atoms with Gasteiger partial charge in [0, 0.05) is 17.9 Å². The minimum Gasteiger partial charge on any atom is -0.379 e. The Hall–Kier alpha value is -1.66. The van der Waals surface area contributed by atoms with Gasteiger partial charge in [0.2, 0.25) is 0 Å². The van der Waals surface area contributed by atoms with Gasteiger partial charge >= 0.3 is 0 Å². The van der Waals surface area contributed by atoms with Crippen molar-refractivity contribution >= 4 is 5.91 Å². The van der Waals surface area contributed by atoms with Gasteiger partial charge < -0.3 is 14.8 Å². The van der Waals surface area contributed by atoms with Crippen LogP contribution in [-0.4, -0.2) is 48.1 Å². The summed E-state index contributed by atoms with van der Waals surface area (Å²) >= 11 is 0. The Morgan fingerprint density at radius 2 is 2.35 bits per heavy atom. The number of hydrogen-bond donors (Lipinski definition) is 2. The molecule has 1 amide bonds. The number of aromatic nitrogens is 2. The maximum absolute atomic E-state index is 12.5. The molecule has 2 aliphatic rings. The average Bonchev–Trinajstić information content (AvgIpc) is 3.11. The van der Waals surface area contributed by atoms with E-state index in [0.29, 0.717) is 25.5 Å². The van der Waals surface area contributed by atoms with Crippen molar-refractivity contribution in [2.24, 2.45) is 0 Å². The highest BCUT2D eigenvalue weighted by Gasteiger charge is 2.30. The first-order chi connectivity index (χ1) is 11.1. The van der Waals surface area contributed by atoms with E-state index < -0.39 is 0 Å². The fourth-order valence-corrected chi connectivity index (χ4v) is 3.13. The van der Waals surface area contributed by atoms with Crippen LogP contribution in [0.5, 0.6) is 0 Å². The summed E-state index contributed by atoms with van der Waals surface area (Å²) in [6.45, 7) is 5.81. The predicted molar refractivity (Wildman–Crippen MR) is 86.5 cm³/mol. The molecule has 1 aliphatic heterocycles. The largest absolute Gasteiger partial charge is 0.379 e. The SMILES string of the molecule is CC(C)=CCO[C@@H]1CCOC[C@@H]1NC(=O)c1n[nH]c2c1CCC2. The first-order valence-corrected chi connectivity index (χ1v) is 8.35. The third-order valence-corrected chi connectivity index (χ3v) is 4.43. The average molecular weight is 319 g/mol. The van der Waals surface area contributed by atoms with Gasteiger partial charge in [-0.05, 0) is 39.5 Å². The molecule has 2 heterocycles. The number of fused-ring (bicyclic) bond motifs is 1. The Balaban J connectivity index is 1.62. The summed E-state index contributed by atoms with van der Waals surface area (Å²) in [5, 5.41) is 10.2. The smallest absolute Gasteiger partial charge is 0.272 e. The molecule has 6 nitrogen and oxygen atoms in total. The van der Waals surface area contributed by atoms with E-state index >= 15 is 0 Å². The number of ether oxygens (including phenoxy) is 2. The molecule has 0 bridgehead atoms. The molecule has 1 aromatic rings. The molecule has 126 valence electrons. The van der Waals surface area contributed by atoms with Gasteiger partial charge in [-0.25, -0.2) is 0 Å². The number of nitrogens with one attached hydrogen (secondary N) is 2. The zero-order chi connectivity index (χ0) is 16.2. The molecule has 0 radical (unpaired) electrons. The lowest BCUT2D eigenvalue weighted by Gasteiger charge is -2.31. The van der Waals surface area contributed by atoms with Gasteiger partial charge in [-0.1, -0.05) is 11.6 Å². The molecule has 1 aliphatic carbocycles. The summed E-state index contributed by atoms with van der Waals surface area (Å²) in [5.41, 5.74) is 3.93. The molecule has 0 spiro atoms. The Kier molecular flexibility index (Phi) is 5.13. The van der Waals surface area contributed by atoms with Crippen LogP contribution in [0.4, 0.5) is 0 Å². The quantitative estimate of drug-likeness (QED) is 0.811. The van der Waals surface area contributed by atoms with Crippen LogP contribution >= 0.6 is 0 Å². The first-order valence-electron chi connectivity index (χ1n) is 8.35. The molecular formula is C17H25N3O3. The lowest BCUT2D eigenvalue weighted by Crippen LogP contribution is -2.50. The monoisotopic (exact) mass is 319 g/mol. The minimum absolute atomic E-state index is 0.0182. The lowest BCUT2D eigenvalue weighted by molar-refractivity contribution is -0.0457. The van der Waals surface area contributed by atoms with E-state index in [4.69, 9.17) is 9.47 Å². The van der Waals surface area contributed by atoms with Crippen LogP contribution in [0.15, 0.2) is 11.6 Å². The second-order valence-corrected chi connectivity index (χ2v) is 6.48. The Bertz CT molecular complexity index is 590. The van der Waals surface area contributed by atoms with Crippen LogP contribution in [0.25, 0.3) is 0 Å². The van der Waals surface area contributed by atoms with E-state index in [1.54, 1.807) is 0 Å². The van der Waals surface area contributed by atoms with Gasteiger partial charge in [-0.3, -0.25) is 9.89 Å². The number of aryl methyl sites for hydroxylation is 1. The number of carbonyl (C=O) groups excluding carboxylic acids is 1. The van der Waals surface area contributed by atoms with Crippen molar-refractivity contribution in [2.45, 2.75) is 51.7 Å². The van der Waals surface area contributed by atoms with E-state index in [1.807, 2.05) is 13.8 Å². The third kappa shape index (κ3) is 3.82. The highest BCUT2D eigenvalue weighted by Crippen LogP contribution is 2.23. The van der Waals surface area contributed by atoms with Crippen LogP contribution < -0.4 is 5.32 Å². The van der Waals surface area contributed by atoms with Crippen molar-refractivity contribution in [3.8, 4) is 0 Å². The number of H-pyrrole nitrogens is 1. The maximum Gasteiger partial charge on any atom is 0.272 e. The van der Waals surface area contributed by atoms with Crippen molar-refractivity contribution in [3.05, 3.63) is 28.6 Å². The number of nitrogens with zero attached hydrogens (tertiary/aromatic N) is 1. The first kappa shape index (κ1) is 16.2. The van der Waals surface area contributed by atoms with E-state index in [9.17, 15) is 4.79 Å². The van der Waals surface area contributed by atoms with Crippen molar-refractivity contribution < 1.29 is 14.3 Å². The fourth-order valence-electron chi connectivity index (χ4n) is 3.13. The third-order valence-electron chi connectivity index (χ3n) is 4.43. The number of carbonyl (C=O) groups is 1. The summed E-state index contributed by atoms with van der Waals surface area (Å²) in [4.78, 5) is 12.5. The molecule has 1 saturated heterocycles. The van der Waals surface area contributed by atoms with Crippen LogP contribution in [0.3, 0.4) is 0 Å². The molecule has 2 atom stereocenters. The van der Waals surface area contributed by atoms with E-state index in [1.165, 1.54) is 5.57 Å². The fraction of sp³-hybridized carbons (Fsp3) is 0.647. The second kappa shape index (κ2) is 7.27. The molecule has 0 unspecified atom stereocenters.